The second-order valence-corrected chi connectivity index (χ2v) is 5.60. The Morgan fingerprint density at radius 3 is 2.82 bits per heavy atom. The third-order valence-electron chi connectivity index (χ3n) is 3.73. The number of carbonyl (C=O) groups excluding carboxylic acids is 1. The molecule has 2 heterocycles. The summed E-state index contributed by atoms with van der Waals surface area (Å²) in [5.41, 5.74) is 0.147. The fourth-order valence-electron chi connectivity index (χ4n) is 2.61. The maximum atomic E-state index is 13.7. The van der Waals surface area contributed by atoms with Gasteiger partial charge in [0.2, 0.25) is 5.43 Å². The lowest BCUT2D eigenvalue weighted by Crippen LogP contribution is -2.24. The van der Waals surface area contributed by atoms with Gasteiger partial charge in [-0.25, -0.2) is 14.2 Å². The lowest BCUT2D eigenvalue weighted by atomic mass is 10.1. The molecule has 3 rings (SSSR count). The number of hydrogen-bond donors (Lipinski definition) is 0. The molecule has 1 aliphatic rings. The molecule has 2 aromatic rings. The van der Waals surface area contributed by atoms with E-state index in [0.29, 0.717) is 11.3 Å². The monoisotopic (exact) mass is 324 g/mol. The van der Waals surface area contributed by atoms with Gasteiger partial charge in [-0.05, 0) is 32.8 Å². The van der Waals surface area contributed by atoms with Gasteiger partial charge in [-0.1, -0.05) is 11.6 Å². The van der Waals surface area contributed by atoms with Crippen LogP contribution in [0, 0.1) is 12.7 Å². The van der Waals surface area contributed by atoms with Crippen LogP contribution in [-0.2, 0) is 4.74 Å². The number of hydrogen-bond acceptors (Lipinski definition) is 4. The molecule has 0 atom stereocenters. The third-order valence-corrected chi connectivity index (χ3v) is 3.99. The van der Waals surface area contributed by atoms with Crippen LogP contribution in [0.3, 0.4) is 0 Å². The van der Waals surface area contributed by atoms with E-state index in [0.717, 1.165) is 18.9 Å². The van der Waals surface area contributed by atoms with Crippen LogP contribution in [0.2, 0.25) is 5.15 Å². The van der Waals surface area contributed by atoms with Gasteiger partial charge in [0.05, 0.1) is 12.0 Å². The molecular formula is C15H14ClFN2O3. The molecule has 1 aliphatic carbocycles. The van der Waals surface area contributed by atoms with E-state index in [4.69, 9.17) is 16.3 Å². The minimum absolute atomic E-state index is 0.0439. The number of halogens is 2. The van der Waals surface area contributed by atoms with Crippen LogP contribution >= 0.6 is 11.6 Å². The summed E-state index contributed by atoms with van der Waals surface area (Å²) in [7, 11) is 0. The summed E-state index contributed by atoms with van der Waals surface area (Å²) in [4.78, 5) is 28.7. The minimum atomic E-state index is -0.785. The zero-order valence-electron chi connectivity index (χ0n) is 12.2. The normalized spacial score (nSPS) is 14.4. The van der Waals surface area contributed by atoms with Gasteiger partial charge in [0, 0.05) is 11.7 Å². The molecule has 0 unspecified atom stereocenters. The fourth-order valence-corrected chi connectivity index (χ4v) is 2.74. The van der Waals surface area contributed by atoms with E-state index in [1.165, 1.54) is 0 Å². The van der Waals surface area contributed by atoms with Crippen molar-refractivity contribution in [2.24, 2.45) is 0 Å². The van der Waals surface area contributed by atoms with Gasteiger partial charge >= 0.3 is 5.97 Å². The average molecular weight is 325 g/mol. The molecule has 1 fully saturated rings. The zero-order chi connectivity index (χ0) is 16.0. The summed E-state index contributed by atoms with van der Waals surface area (Å²) < 4.78 is 20.4. The first-order chi connectivity index (χ1) is 10.5. The van der Waals surface area contributed by atoms with Gasteiger partial charge in [-0.15, -0.1) is 0 Å². The first-order valence-electron chi connectivity index (χ1n) is 7.03. The summed E-state index contributed by atoms with van der Waals surface area (Å²) in [5.74, 6) is -1.48. The molecule has 0 saturated heterocycles. The number of pyridine rings is 2. The van der Waals surface area contributed by atoms with E-state index >= 15 is 0 Å². The quantitative estimate of drug-likeness (QED) is 0.643. The fraction of sp³-hybridized carbons (Fsp3) is 0.400. The van der Waals surface area contributed by atoms with E-state index in [1.807, 2.05) is 0 Å². The standard InChI is InChI=1S/C15H14ClFN2O3/c1-3-22-15(21)11-7(2)19(8-4-5-8)14-9(12(11)20)6-10(17)13(16)18-14/h6,8H,3-5H2,1-2H3. The van der Waals surface area contributed by atoms with Crippen molar-refractivity contribution in [1.82, 2.24) is 9.55 Å². The highest BCUT2D eigenvalue weighted by Crippen LogP contribution is 2.38. The molecule has 5 nitrogen and oxygen atoms in total. The van der Waals surface area contributed by atoms with Crippen LogP contribution < -0.4 is 5.43 Å². The SMILES string of the molecule is CCOC(=O)c1c(C)n(C2CC2)c2nc(Cl)c(F)cc2c1=O. The molecule has 0 aliphatic heterocycles. The summed E-state index contributed by atoms with van der Waals surface area (Å²) in [6.07, 6.45) is 1.83. The van der Waals surface area contributed by atoms with Crippen molar-refractivity contribution in [3.63, 3.8) is 0 Å². The summed E-state index contributed by atoms with van der Waals surface area (Å²) in [5, 5.41) is -0.243. The Labute approximate surface area is 130 Å². The van der Waals surface area contributed by atoms with Crippen LogP contribution in [0.25, 0.3) is 11.0 Å². The van der Waals surface area contributed by atoms with Gasteiger partial charge in [0.15, 0.2) is 11.0 Å². The molecule has 0 radical (unpaired) electrons. The number of carbonyl (C=O) groups is 1. The van der Waals surface area contributed by atoms with Gasteiger partial charge < -0.3 is 9.30 Å². The van der Waals surface area contributed by atoms with Crippen LogP contribution in [0.1, 0.15) is 41.9 Å². The Hall–Kier alpha value is -1.95. The van der Waals surface area contributed by atoms with E-state index in [2.05, 4.69) is 4.98 Å². The topological polar surface area (TPSA) is 61.2 Å². The smallest absolute Gasteiger partial charge is 0.343 e. The first kappa shape index (κ1) is 15.0. The highest BCUT2D eigenvalue weighted by atomic mass is 35.5. The Kier molecular flexibility index (Phi) is 3.64. The van der Waals surface area contributed by atoms with E-state index < -0.39 is 17.2 Å². The lowest BCUT2D eigenvalue weighted by molar-refractivity contribution is 0.0523. The summed E-state index contributed by atoms with van der Waals surface area (Å²) in [6.45, 7) is 3.49. The van der Waals surface area contributed by atoms with Crippen molar-refractivity contribution in [3.05, 3.63) is 38.5 Å². The second kappa shape index (κ2) is 5.35. The highest BCUT2D eigenvalue weighted by molar-refractivity contribution is 6.29. The van der Waals surface area contributed by atoms with Crippen molar-refractivity contribution in [3.8, 4) is 0 Å². The average Bonchev–Trinajstić information content (AvgIpc) is 3.26. The molecule has 0 bridgehead atoms. The van der Waals surface area contributed by atoms with Crippen LogP contribution in [0.5, 0.6) is 0 Å². The van der Waals surface area contributed by atoms with E-state index in [-0.39, 0.29) is 28.8 Å². The van der Waals surface area contributed by atoms with Crippen molar-refractivity contribution in [2.75, 3.05) is 6.61 Å². The highest BCUT2D eigenvalue weighted by Gasteiger charge is 2.31. The lowest BCUT2D eigenvalue weighted by Gasteiger charge is -2.16. The number of rotatable bonds is 3. The van der Waals surface area contributed by atoms with E-state index in [9.17, 15) is 14.0 Å². The van der Waals surface area contributed by atoms with Crippen molar-refractivity contribution < 1.29 is 13.9 Å². The molecule has 116 valence electrons. The predicted molar refractivity (Wildman–Crippen MR) is 79.9 cm³/mol. The van der Waals surface area contributed by atoms with Crippen LogP contribution in [0.4, 0.5) is 4.39 Å². The Bertz CT molecular complexity index is 843. The predicted octanol–water partition coefficient (Wildman–Crippen LogP) is 3.01. The number of esters is 1. The van der Waals surface area contributed by atoms with Crippen molar-refractivity contribution in [1.29, 1.82) is 0 Å². The van der Waals surface area contributed by atoms with Crippen molar-refractivity contribution in [2.45, 2.75) is 32.7 Å². The molecular weight excluding hydrogens is 311 g/mol. The molecule has 0 spiro atoms. The Balaban J connectivity index is 2.40. The van der Waals surface area contributed by atoms with Crippen LogP contribution in [0.15, 0.2) is 10.9 Å². The number of aromatic nitrogens is 2. The number of fused-ring (bicyclic) bond motifs is 1. The molecule has 0 aromatic carbocycles. The molecule has 2 aromatic heterocycles. The Morgan fingerprint density at radius 1 is 1.55 bits per heavy atom. The summed E-state index contributed by atoms with van der Waals surface area (Å²) >= 11 is 5.75. The first-order valence-corrected chi connectivity index (χ1v) is 7.41. The molecule has 22 heavy (non-hydrogen) atoms. The van der Waals surface area contributed by atoms with Gasteiger partial charge in [0.25, 0.3) is 0 Å². The number of ether oxygens (including phenoxy) is 1. The second-order valence-electron chi connectivity index (χ2n) is 5.24. The molecule has 7 heteroatoms. The van der Waals surface area contributed by atoms with Crippen LogP contribution in [-0.4, -0.2) is 22.1 Å². The van der Waals surface area contributed by atoms with Gasteiger partial charge in [-0.3, -0.25) is 4.79 Å². The summed E-state index contributed by atoms with van der Waals surface area (Å²) in [6, 6.07) is 1.18. The maximum Gasteiger partial charge on any atom is 0.343 e. The van der Waals surface area contributed by atoms with E-state index in [1.54, 1.807) is 18.4 Å². The van der Waals surface area contributed by atoms with Crippen molar-refractivity contribution >= 4 is 28.6 Å². The number of nitrogens with zero attached hydrogens (tertiary/aromatic N) is 2. The third kappa shape index (κ3) is 2.27. The molecule has 0 N–H and O–H groups in total. The zero-order valence-corrected chi connectivity index (χ0v) is 12.9. The molecule has 1 saturated carbocycles. The Morgan fingerprint density at radius 2 is 2.23 bits per heavy atom. The van der Waals surface area contributed by atoms with Gasteiger partial charge in [-0.2, -0.15) is 0 Å². The minimum Gasteiger partial charge on any atom is -0.462 e. The molecule has 0 amide bonds. The van der Waals surface area contributed by atoms with Gasteiger partial charge in [0.1, 0.15) is 11.2 Å². The largest absolute Gasteiger partial charge is 0.462 e. The maximum absolute atomic E-state index is 13.7.